The number of nitrogens with two attached hydrogens (primary N) is 1. The first kappa shape index (κ1) is 21.2. The van der Waals surface area contributed by atoms with Crippen molar-refractivity contribution in [3.63, 3.8) is 0 Å². The van der Waals surface area contributed by atoms with E-state index in [0.717, 1.165) is 58.3 Å². The van der Waals surface area contributed by atoms with E-state index in [1.807, 2.05) is 0 Å². The molecule has 1 aliphatic heterocycles. The summed E-state index contributed by atoms with van der Waals surface area (Å²) in [5, 5.41) is 3.08. The van der Waals surface area contributed by atoms with E-state index in [0.29, 0.717) is 0 Å². The number of fused-ring (bicyclic) bond motifs is 1. The second-order valence-electron chi connectivity index (χ2n) is 6.71. The molecule has 2 aliphatic rings. The van der Waals surface area contributed by atoms with Gasteiger partial charge in [0, 0.05) is 38.1 Å². The predicted octanol–water partition coefficient (Wildman–Crippen LogP) is 2.52. The zero-order valence-corrected chi connectivity index (χ0v) is 15.7. The summed E-state index contributed by atoms with van der Waals surface area (Å²) in [6.45, 7) is 4.01. The molecule has 2 atom stereocenters. The monoisotopic (exact) mass is 373 g/mol. The molecule has 3 rings (SSSR count). The van der Waals surface area contributed by atoms with E-state index in [1.54, 1.807) is 0 Å². The van der Waals surface area contributed by atoms with E-state index in [9.17, 15) is 4.79 Å². The minimum atomic E-state index is 0. The highest BCUT2D eigenvalue weighted by Gasteiger charge is 2.27. The maximum absolute atomic E-state index is 12.0. The van der Waals surface area contributed by atoms with Gasteiger partial charge in [0.2, 0.25) is 5.91 Å². The van der Waals surface area contributed by atoms with E-state index >= 15 is 0 Å². The van der Waals surface area contributed by atoms with Gasteiger partial charge in [0.15, 0.2) is 0 Å². The van der Waals surface area contributed by atoms with E-state index in [2.05, 4.69) is 34.5 Å². The van der Waals surface area contributed by atoms with Crippen LogP contribution in [0.5, 0.6) is 0 Å². The van der Waals surface area contributed by atoms with Gasteiger partial charge in [0.05, 0.1) is 0 Å². The molecule has 0 saturated heterocycles. The van der Waals surface area contributed by atoms with Crippen LogP contribution in [0.3, 0.4) is 0 Å². The maximum Gasteiger partial charge on any atom is 0.223 e. The Morgan fingerprint density at radius 1 is 1.21 bits per heavy atom. The predicted molar refractivity (Wildman–Crippen MR) is 103 cm³/mol. The lowest BCUT2D eigenvalue weighted by Gasteiger charge is -2.28. The molecule has 1 aliphatic carbocycles. The summed E-state index contributed by atoms with van der Waals surface area (Å²) >= 11 is 0. The minimum Gasteiger partial charge on any atom is -0.356 e. The maximum atomic E-state index is 12.0. The molecular weight excluding hydrogens is 345 g/mol. The van der Waals surface area contributed by atoms with Crippen LogP contribution in [0.15, 0.2) is 24.3 Å². The molecule has 1 heterocycles. The zero-order valence-electron chi connectivity index (χ0n) is 14.1. The Hall–Kier alpha value is -0.810. The summed E-state index contributed by atoms with van der Waals surface area (Å²) in [6.07, 6.45) is 4.96. The Morgan fingerprint density at radius 2 is 1.96 bits per heavy atom. The van der Waals surface area contributed by atoms with Crippen molar-refractivity contribution >= 4 is 30.7 Å². The highest BCUT2D eigenvalue weighted by atomic mass is 35.5. The molecule has 3 N–H and O–H groups in total. The van der Waals surface area contributed by atoms with Crippen LogP contribution in [0.2, 0.25) is 0 Å². The average Bonchev–Trinajstić information content (AvgIpc) is 2.98. The van der Waals surface area contributed by atoms with Crippen LogP contribution < -0.4 is 11.1 Å². The van der Waals surface area contributed by atoms with Gasteiger partial charge in [-0.25, -0.2) is 0 Å². The fraction of sp³-hybridized carbons (Fsp3) is 0.611. The molecule has 136 valence electrons. The second-order valence-corrected chi connectivity index (χ2v) is 6.71. The smallest absolute Gasteiger partial charge is 0.223 e. The fourth-order valence-corrected chi connectivity index (χ4v) is 3.66. The molecular formula is C18H29Cl2N3O. The Morgan fingerprint density at radius 3 is 2.67 bits per heavy atom. The van der Waals surface area contributed by atoms with Gasteiger partial charge < -0.3 is 11.1 Å². The summed E-state index contributed by atoms with van der Waals surface area (Å²) in [6, 6.07) is 8.93. The van der Waals surface area contributed by atoms with Gasteiger partial charge in [0.1, 0.15) is 0 Å². The molecule has 0 aromatic heterocycles. The van der Waals surface area contributed by atoms with E-state index in [1.165, 1.54) is 11.1 Å². The molecule has 1 amide bonds. The van der Waals surface area contributed by atoms with Crippen LogP contribution in [0.1, 0.15) is 36.8 Å². The van der Waals surface area contributed by atoms with Gasteiger partial charge in [0.25, 0.3) is 0 Å². The molecule has 1 fully saturated rings. The number of amides is 1. The summed E-state index contributed by atoms with van der Waals surface area (Å²) in [5.41, 5.74) is 8.81. The minimum absolute atomic E-state index is 0. The standard InChI is InChI=1S/C18H27N3O.2ClH/c19-17-7-6-15(12-17)18(22)20-9-3-10-21-11-8-14-4-1-2-5-16(14)13-21;;/h1-2,4-5,15,17H,3,6-13,19H2,(H,20,22);2*1H. The third-order valence-corrected chi connectivity index (χ3v) is 5.00. The molecule has 6 heteroatoms. The third kappa shape index (κ3) is 5.62. The van der Waals surface area contributed by atoms with Gasteiger partial charge in [-0.1, -0.05) is 24.3 Å². The van der Waals surface area contributed by atoms with Crippen LogP contribution in [0.25, 0.3) is 0 Å². The van der Waals surface area contributed by atoms with Gasteiger partial charge in [-0.2, -0.15) is 0 Å². The highest BCUT2D eigenvalue weighted by Crippen LogP contribution is 2.24. The lowest BCUT2D eigenvalue weighted by molar-refractivity contribution is -0.124. The molecule has 1 aromatic rings. The largest absolute Gasteiger partial charge is 0.356 e. The SMILES string of the molecule is Cl.Cl.NC1CCC(C(=O)NCCCN2CCc3ccccc3C2)C1. The van der Waals surface area contributed by atoms with Crippen LogP contribution in [-0.4, -0.2) is 36.5 Å². The summed E-state index contributed by atoms with van der Waals surface area (Å²) in [4.78, 5) is 14.5. The van der Waals surface area contributed by atoms with Crippen molar-refractivity contribution in [2.45, 2.75) is 44.7 Å². The van der Waals surface area contributed by atoms with Crippen molar-refractivity contribution in [2.75, 3.05) is 19.6 Å². The molecule has 1 aromatic carbocycles. The van der Waals surface area contributed by atoms with E-state index < -0.39 is 0 Å². The first-order valence-corrected chi connectivity index (χ1v) is 8.55. The number of hydrogen-bond donors (Lipinski definition) is 2. The van der Waals surface area contributed by atoms with Crippen LogP contribution in [0, 0.1) is 5.92 Å². The molecule has 1 saturated carbocycles. The van der Waals surface area contributed by atoms with Crippen molar-refractivity contribution in [3.05, 3.63) is 35.4 Å². The van der Waals surface area contributed by atoms with Crippen molar-refractivity contribution in [3.8, 4) is 0 Å². The second kappa shape index (κ2) is 10.2. The number of nitrogens with one attached hydrogen (secondary N) is 1. The number of carbonyl (C=O) groups excluding carboxylic acids is 1. The molecule has 24 heavy (non-hydrogen) atoms. The first-order valence-electron chi connectivity index (χ1n) is 8.55. The fourth-order valence-electron chi connectivity index (χ4n) is 3.66. The number of halogens is 2. The third-order valence-electron chi connectivity index (χ3n) is 5.00. The summed E-state index contributed by atoms with van der Waals surface area (Å²) in [7, 11) is 0. The van der Waals surface area contributed by atoms with Crippen molar-refractivity contribution in [2.24, 2.45) is 11.7 Å². The number of hydrogen-bond acceptors (Lipinski definition) is 3. The average molecular weight is 374 g/mol. The molecule has 0 radical (unpaired) electrons. The Labute approximate surface area is 157 Å². The number of carbonyl (C=O) groups is 1. The van der Waals surface area contributed by atoms with Gasteiger partial charge in [-0.05, 0) is 43.2 Å². The van der Waals surface area contributed by atoms with E-state index in [4.69, 9.17) is 5.73 Å². The lowest BCUT2D eigenvalue weighted by Crippen LogP contribution is -2.35. The Balaban J connectivity index is 0.00000144. The highest BCUT2D eigenvalue weighted by molar-refractivity contribution is 5.85. The van der Waals surface area contributed by atoms with Crippen LogP contribution >= 0.6 is 24.8 Å². The molecule has 2 unspecified atom stereocenters. The first-order chi connectivity index (χ1) is 10.7. The van der Waals surface area contributed by atoms with E-state index in [-0.39, 0.29) is 42.7 Å². The van der Waals surface area contributed by atoms with Crippen molar-refractivity contribution < 1.29 is 4.79 Å². The van der Waals surface area contributed by atoms with Crippen LogP contribution in [0.4, 0.5) is 0 Å². The summed E-state index contributed by atoms with van der Waals surface area (Å²) in [5.74, 6) is 0.355. The Bertz CT molecular complexity index is 527. The molecule has 0 spiro atoms. The van der Waals surface area contributed by atoms with Gasteiger partial charge >= 0.3 is 0 Å². The lowest BCUT2D eigenvalue weighted by atomic mass is 10.00. The number of benzene rings is 1. The summed E-state index contributed by atoms with van der Waals surface area (Å²) < 4.78 is 0. The molecule has 4 nitrogen and oxygen atoms in total. The number of rotatable bonds is 5. The van der Waals surface area contributed by atoms with Gasteiger partial charge in [-0.15, -0.1) is 24.8 Å². The topological polar surface area (TPSA) is 58.4 Å². The normalized spacial score (nSPS) is 22.9. The van der Waals surface area contributed by atoms with Crippen molar-refractivity contribution in [1.82, 2.24) is 10.2 Å². The van der Waals surface area contributed by atoms with Gasteiger partial charge in [-0.3, -0.25) is 9.69 Å². The molecule has 0 bridgehead atoms. The number of nitrogens with zero attached hydrogens (tertiary/aromatic N) is 1. The Kier molecular flexibility index (Phi) is 9.06. The zero-order chi connectivity index (χ0) is 15.4. The van der Waals surface area contributed by atoms with Crippen molar-refractivity contribution in [1.29, 1.82) is 0 Å². The quantitative estimate of drug-likeness (QED) is 0.779. The van der Waals surface area contributed by atoms with Crippen LogP contribution in [-0.2, 0) is 17.8 Å².